The van der Waals surface area contributed by atoms with Crippen molar-refractivity contribution < 1.29 is 14.7 Å². The van der Waals surface area contributed by atoms with E-state index in [0.29, 0.717) is 0 Å². The first-order valence-electron chi connectivity index (χ1n) is 7.04. The zero-order valence-corrected chi connectivity index (χ0v) is 12.7. The molecule has 1 aliphatic rings. The maximum atomic E-state index is 11.7. The Morgan fingerprint density at radius 1 is 1.24 bits per heavy atom. The van der Waals surface area contributed by atoms with Crippen molar-refractivity contribution in [1.82, 2.24) is 4.90 Å². The van der Waals surface area contributed by atoms with Crippen molar-refractivity contribution in [3.63, 3.8) is 0 Å². The van der Waals surface area contributed by atoms with Crippen LogP contribution in [0.5, 0.6) is 0 Å². The first-order chi connectivity index (χ1) is 10.1. The molecule has 5 nitrogen and oxygen atoms in total. The summed E-state index contributed by atoms with van der Waals surface area (Å²) in [6, 6.07) is 7.84. The number of nitrogens with one attached hydrogen (secondary N) is 1. The van der Waals surface area contributed by atoms with Crippen LogP contribution in [0.1, 0.15) is 18.4 Å². The first-order valence-corrected chi connectivity index (χ1v) is 8.19. The lowest BCUT2D eigenvalue weighted by molar-refractivity contribution is -0.133. The quantitative estimate of drug-likeness (QED) is 0.806. The zero-order chi connectivity index (χ0) is 15.1. The summed E-state index contributed by atoms with van der Waals surface area (Å²) in [7, 11) is 0. The number of aliphatic carboxylic acids is 1. The van der Waals surface area contributed by atoms with Crippen LogP contribution in [0.25, 0.3) is 0 Å². The summed E-state index contributed by atoms with van der Waals surface area (Å²) in [5, 5.41) is 11.3. The number of likely N-dealkylation sites (tertiary alicyclic amines) is 1. The van der Waals surface area contributed by atoms with Crippen LogP contribution in [0.2, 0.25) is 0 Å². The van der Waals surface area contributed by atoms with Crippen LogP contribution in [0.15, 0.2) is 24.3 Å². The number of nitrogens with zero attached hydrogens (tertiary/aromatic N) is 1. The molecule has 1 heterocycles. The fourth-order valence-electron chi connectivity index (χ4n) is 2.37. The summed E-state index contributed by atoms with van der Waals surface area (Å²) in [6.07, 6.45) is 2.52. The molecule has 1 fully saturated rings. The van der Waals surface area contributed by atoms with E-state index in [-0.39, 0.29) is 17.4 Å². The molecule has 1 amide bonds. The fourth-order valence-corrected chi connectivity index (χ4v) is 2.91. The highest BCUT2D eigenvalue weighted by Crippen LogP contribution is 2.16. The van der Waals surface area contributed by atoms with E-state index in [1.165, 1.54) is 18.4 Å². The maximum Gasteiger partial charge on any atom is 0.313 e. The normalized spacial score (nSPS) is 15.0. The second-order valence-electron chi connectivity index (χ2n) is 5.12. The average Bonchev–Trinajstić information content (AvgIpc) is 2.91. The molecule has 114 valence electrons. The zero-order valence-electron chi connectivity index (χ0n) is 11.9. The predicted octanol–water partition coefficient (Wildman–Crippen LogP) is 2.04. The van der Waals surface area contributed by atoms with E-state index in [1.807, 2.05) is 18.2 Å². The Bertz CT molecular complexity index is 501. The van der Waals surface area contributed by atoms with Gasteiger partial charge in [-0.2, -0.15) is 0 Å². The molecular formula is C15H20N2O3S. The van der Waals surface area contributed by atoms with Crippen molar-refractivity contribution in [2.75, 3.05) is 29.9 Å². The molecular weight excluding hydrogens is 288 g/mol. The van der Waals surface area contributed by atoms with Crippen LogP contribution >= 0.6 is 11.8 Å². The highest BCUT2D eigenvalue weighted by molar-refractivity contribution is 8.00. The first kappa shape index (κ1) is 15.9. The Morgan fingerprint density at radius 3 is 2.71 bits per heavy atom. The molecule has 1 aromatic rings. The van der Waals surface area contributed by atoms with Crippen LogP contribution < -0.4 is 5.32 Å². The predicted molar refractivity (Wildman–Crippen MR) is 84.5 cm³/mol. The molecule has 0 aromatic heterocycles. The number of benzene rings is 1. The van der Waals surface area contributed by atoms with E-state index in [2.05, 4.69) is 16.3 Å². The smallest absolute Gasteiger partial charge is 0.313 e. The summed E-state index contributed by atoms with van der Waals surface area (Å²) < 4.78 is 0. The molecule has 0 unspecified atom stereocenters. The Balaban J connectivity index is 1.82. The molecule has 0 spiro atoms. The van der Waals surface area contributed by atoms with Crippen molar-refractivity contribution in [1.29, 1.82) is 0 Å². The van der Waals surface area contributed by atoms with Gasteiger partial charge in [-0.15, -0.1) is 11.8 Å². The molecule has 1 aromatic carbocycles. The minimum absolute atomic E-state index is 0.0532. The molecule has 2 rings (SSSR count). The van der Waals surface area contributed by atoms with Crippen molar-refractivity contribution >= 4 is 29.3 Å². The Morgan fingerprint density at radius 2 is 2.00 bits per heavy atom. The molecule has 0 bridgehead atoms. The minimum atomic E-state index is -0.902. The summed E-state index contributed by atoms with van der Waals surface area (Å²) in [6.45, 7) is 3.20. The molecule has 2 N–H and O–H groups in total. The van der Waals surface area contributed by atoms with Gasteiger partial charge in [-0.1, -0.05) is 12.1 Å². The highest BCUT2D eigenvalue weighted by Gasteiger charge is 2.12. The Hall–Kier alpha value is -1.53. The number of carbonyl (C=O) groups is 2. The van der Waals surface area contributed by atoms with Gasteiger partial charge in [0.25, 0.3) is 0 Å². The van der Waals surface area contributed by atoms with Crippen LogP contribution in [-0.4, -0.2) is 46.5 Å². The summed E-state index contributed by atoms with van der Waals surface area (Å²) in [5.41, 5.74) is 1.96. The third-order valence-corrected chi connectivity index (χ3v) is 4.19. The summed E-state index contributed by atoms with van der Waals surface area (Å²) in [4.78, 5) is 24.5. The maximum absolute atomic E-state index is 11.7. The molecule has 0 atom stereocenters. The van der Waals surface area contributed by atoms with Crippen LogP contribution in [-0.2, 0) is 16.1 Å². The number of carbonyl (C=O) groups excluding carboxylic acids is 1. The molecule has 21 heavy (non-hydrogen) atoms. The van der Waals surface area contributed by atoms with Crippen molar-refractivity contribution in [3.05, 3.63) is 29.8 Å². The number of carboxylic acid groups (broad SMARTS) is 1. The average molecular weight is 308 g/mol. The second kappa shape index (κ2) is 8.05. The third kappa shape index (κ3) is 5.77. The molecule has 1 saturated heterocycles. The number of hydrogen-bond donors (Lipinski definition) is 2. The van der Waals surface area contributed by atoms with Gasteiger partial charge >= 0.3 is 5.97 Å². The molecule has 0 aliphatic carbocycles. The number of anilines is 1. The largest absolute Gasteiger partial charge is 0.481 e. The number of amides is 1. The van der Waals surface area contributed by atoms with Gasteiger partial charge in [-0.25, -0.2) is 0 Å². The van der Waals surface area contributed by atoms with Crippen LogP contribution in [0.3, 0.4) is 0 Å². The summed E-state index contributed by atoms with van der Waals surface area (Å²) >= 11 is 1.10. The molecule has 0 saturated carbocycles. The Labute approximate surface area is 128 Å². The van der Waals surface area contributed by atoms with Gasteiger partial charge in [0, 0.05) is 12.2 Å². The van der Waals surface area contributed by atoms with Gasteiger partial charge < -0.3 is 10.4 Å². The van der Waals surface area contributed by atoms with Crippen molar-refractivity contribution in [2.24, 2.45) is 0 Å². The van der Waals surface area contributed by atoms with Crippen LogP contribution in [0, 0.1) is 0 Å². The Kier molecular flexibility index (Phi) is 6.07. The lowest BCUT2D eigenvalue weighted by Gasteiger charge is -2.15. The van der Waals surface area contributed by atoms with Gasteiger partial charge in [0.2, 0.25) is 5.91 Å². The van der Waals surface area contributed by atoms with Gasteiger partial charge in [0.1, 0.15) is 0 Å². The lowest BCUT2D eigenvalue weighted by Crippen LogP contribution is -2.19. The second-order valence-corrected chi connectivity index (χ2v) is 6.10. The number of rotatable bonds is 7. The number of thioether (sulfide) groups is 1. The van der Waals surface area contributed by atoms with E-state index in [4.69, 9.17) is 5.11 Å². The topological polar surface area (TPSA) is 69.6 Å². The highest BCUT2D eigenvalue weighted by atomic mass is 32.2. The minimum Gasteiger partial charge on any atom is -0.481 e. The van der Waals surface area contributed by atoms with Gasteiger partial charge in [-0.05, 0) is 43.6 Å². The number of carboxylic acids is 1. The van der Waals surface area contributed by atoms with Crippen molar-refractivity contribution in [3.8, 4) is 0 Å². The van der Waals surface area contributed by atoms with E-state index in [0.717, 1.165) is 37.1 Å². The SMILES string of the molecule is O=C(O)CSCC(=O)Nc1cccc(CN2CCCC2)c1. The standard InChI is InChI=1S/C15H20N2O3S/c18-14(10-21-11-15(19)20)16-13-5-3-4-12(8-13)9-17-6-1-2-7-17/h3-5,8H,1-2,6-7,9-11H2,(H,16,18)(H,19,20). The third-order valence-electron chi connectivity index (χ3n) is 3.27. The van der Waals surface area contributed by atoms with E-state index in [9.17, 15) is 9.59 Å². The fraction of sp³-hybridized carbons (Fsp3) is 0.467. The van der Waals surface area contributed by atoms with Gasteiger partial charge in [0.05, 0.1) is 11.5 Å². The van der Waals surface area contributed by atoms with Gasteiger partial charge in [0.15, 0.2) is 0 Å². The van der Waals surface area contributed by atoms with Crippen molar-refractivity contribution in [2.45, 2.75) is 19.4 Å². The summed E-state index contributed by atoms with van der Waals surface area (Å²) in [5.74, 6) is -0.967. The molecule has 0 radical (unpaired) electrons. The molecule has 1 aliphatic heterocycles. The van der Waals surface area contributed by atoms with E-state index in [1.54, 1.807) is 0 Å². The lowest BCUT2D eigenvalue weighted by atomic mass is 10.2. The monoisotopic (exact) mass is 308 g/mol. The van der Waals surface area contributed by atoms with E-state index >= 15 is 0 Å². The number of hydrogen-bond acceptors (Lipinski definition) is 4. The van der Waals surface area contributed by atoms with Crippen LogP contribution in [0.4, 0.5) is 5.69 Å². The molecule has 6 heteroatoms. The van der Waals surface area contributed by atoms with E-state index < -0.39 is 5.97 Å². The van der Waals surface area contributed by atoms with Gasteiger partial charge in [-0.3, -0.25) is 14.5 Å².